The van der Waals surface area contributed by atoms with Crippen LogP contribution in [0.2, 0.25) is 0 Å². The molecule has 26 heavy (non-hydrogen) atoms. The van der Waals surface area contributed by atoms with Gasteiger partial charge < -0.3 is 9.73 Å². The number of benzene rings is 2. The molecular weight excluding hydrogens is 328 g/mol. The van der Waals surface area contributed by atoms with Crippen LogP contribution in [0.3, 0.4) is 0 Å². The van der Waals surface area contributed by atoms with Crippen molar-refractivity contribution < 1.29 is 4.42 Å². The van der Waals surface area contributed by atoms with Crippen molar-refractivity contribution in [3.8, 4) is 5.69 Å². The van der Waals surface area contributed by atoms with E-state index in [4.69, 9.17) is 4.42 Å². The Kier molecular flexibility index (Phi) is 3.35. The van der Waals surface area contributed by atoms with Crippen LogP contribution in [0, 0.1) is 0 Å². The van der Waals surface area contributed by atoms with Crippen LogP contribution in [0.5, 0.6) is 0 Å². The molecule has 2 aromatic carbocycles. The summed E-state index contributed by atoms with van der Waals surface area (Å²) in [6, 6.07) is 17.7. The zero-order valence-corrected chi connectivity index (χ0v) is 13.7. The Hall–Kier alpha value is -3.74. The van der Waals surface area contributed by atoms with E-state index in [2.05, 4.69) is 25.4 Å². The van der Waals surface area contributed by atoms with Crippen molar-refractivity contribution in [2.75, 3.05) is 5.32 Å². The number of hydrogen-bond acceptors (Lipinski definition) is 6. The van der Waals surface area contributed by atoms with Crippen LogP contribution < -0.4 is 5.32 Å². The van der Waals surface area contributed by atoms with Gasteiger partial charge in [0, 0.05) is 5.39 Å². The van der Waals surface area contributed by atoms with Crippen molar-refractivity contribution in [2.24, 2.45) is 0 Å². The second-order valence-electron chi connectivity index (χ2n) is 5.78. The Balaban J connectivity index is 1.49. The maximum absolute atomic E-state index is 5.94. The normalized spacial score (nSPS) is 11.2. The summed E-state index contributed by atoms with van der Waals surface area (Å²) < 4.78 is 7.73. The molecule has 0 radical (unpaired) electrons. The van der Waals surface area contributed by atoms with Gasteiger partial charge >= 0.3 is 0 Å². The van der Waals surface area contributed by atoms with E-state index in [1.807, 2.05) is 54.6 Å². The highest BCUT2D eigenvalue weighted by molar-refractivity contribution is 6.05. The third-order valence-corrected chi connectivity index (χ3v) is 4.19. The molecule has 5 aromatic rings. The number of aromatic nitrogens is 5. The molecule has 0 amide bonds. The predicted octanol–water partition coefficient (Wildman–Crippen LogP) is 3.57. The first kappa shape index (κ1) is 14.6. The van der Waals surface area contributed by atoms with Crippen LogP contribution in [0.25, 0.3) is 27.8 Å². The average molecular weight is 342 g/mol. The van der Waals surface area contributed by atoms with E-state index < -0.39 is 0 Å². The minimum Gasteiger partial charge on any atom is -0.450 e. The van der Waals surface area contributed by atoms with Crippen LogP contribution in [-0.2, 0) is 6.54 Å². The smallest absolute Gasteiger partial charge is 0.196 e. The number of hydrogen-bond donors (Lipinski definition) is 1. The molecule has 3 heterocycles. The second kappa shape index (κ2) is 5.96. The predicted molar refractivity (Wildman–Crippen MR) is 98.0 cm³/mol. The molecule has 5 rings (SSSR count). The summed E-state index contributed by atoms with van der Waals surface area (Å²) in [6.45, 7) is 0.456. The molecule has 0 saturated heterocycles. The van der Waals surface area contributed by atoms with Gasteiger partial charge in [0.2, 0.25) is 0 Å². The summed E-state index contributed by atoms with van der Waals surface area (Å²) in [6.07, 6.45) is 3.08. The van der Waals surface area contributed by atoms with Crippen LogP contribution in [0.1, 0.15) is 5.82 Å². The topological polar surface area (TPSA) is 81.7 Å². The molecule has 0 aliphatic heterocycles. The van der Waals surface area contributed by atoms with Gasteiger partial charge in [0.25, 0.3) is 0 Å². The lowest BCUT2D eigenvalue weighted by Gasteiger charge is -2.07. The Morgan fingerprint density at radius 3 is 2.65 bits per heavy atom. The lowest BCUT2D eigenvalue weighted by molar-refractivity contribution is 0.666. The van der Waals surface area contributed by atoms with Crippen LogP contribution in [0.4, 0.5) is 5.82 Å². The lowest BCUT2D eigenvalue weighted by Crippen LogP contribution is -2.09. The van der Waals surface area contributed by atoms with E-state index in [-0.39, 0.29) is 0 Å². The molecule has 0 atom stereocenters. The van der Waals surface area contributed by atoms with E-state index in [0.29, 0.717) is 17.9 Å². The third kappa shape index (κ3) is 2.37. The number of furan rings is 1. The van der Waals surface area contributed by atoms with Crippen molar-refractivity contribution in [1.29, 1.82) is 0 Å². The first-order chi connectivity index (χ1) is 12.9. The molecule has 126 valence electrons. The molecule has 0 aliphatic carbocycles. The molecule has 1 N–H and O–H groups in total. The maximum Gasteiger partial charge on any atom is 0.196 e. The zero-order chi connectivity index (χ0) is 17.3. The first-order valence-electron chi connectivity index (χ1n) is 8.20. The Morgan fingerprint density at radius 1 is 0.885 bits per heavy atom. The van der Waals surface area contributed by atoms with E-state index in [0.717, 1.165) is 28.0 Å². The highest BCUT2D eigenvalue weighted by atomic mass is 16.3. The molecule has 0 aliphatic rings. The van der Waals surface area contributed by atoms with E-state index in [9.17, 15) is 0 Å². The van der Waals surface area contributed by atoms with Crippen molar-refractivity contribution in [1.82, 2.24) is 24.7 Å². The number of anilines is 1. The monoisotopic (exact) mass is 342 g/mol. The minimum absolute atomic E-state index is 0.456. The summed E-state index contributed by atoms with van der Waals surface area (Å²) >= 11 is 0. The summed E-state index contributed by atoms with van der Waals surface area (Å²) in [5.74, 6) is 1.41. The number of nitrogens with one attached hydrogen (secondary N) is 1. The number of fused-ring (bicyclic) bond motifs is 3. The molecule has 0 spiro atoms. The Labute approximate surface area is 148 Å². The van der Waals surface area contributed by atoms with Crippen molar-refractivity contribution in [3.63, 3.8) is 0 Å². The summed E-state index contributed by atoms with van der Waals surface area (Å²) in [5.41, 5.74) is 3.18. The van der Waals surface area contributed by atoms with Gasteiger partial charge in [-0.1, -0.05) is 30.3 Å². The van der Waals surface area contributed by atoms with Gasteiger partial charge in [-0.2, -0.15) is 5.10 Å². The largest absolute Gasteiger partial charge is 0.450 e. The van der Waals surface area contributed by atoms with E-state index in [1.54, 1.807) is 11.0 Å². The standard InChI is InChI=1S/C19H14N6O/c1-2-6-13(7-3-1)25-16(21-12-24-25)10-20-19-18-17(22-11-23-19)14-8-4-5-9-15(14)26-18/h1-9,11-12H,10H2,(H,20,22,23). The molecule has 7 heteroatoms. The third-order valence-electron chi connectivity index (χ3n) is 4.19. The fourth-order valence-corrected chi connectivity index (χ4v) is 2.98. The summed E-state index contributed by atoms with van der Waals surface area (Å²) in [5, 5.41) is 8.57. The Morgan fingerprint density at radius 2 is 1.73 bits per heavy atom. The highest BCUT2D eigenvalue weighted by Crippen LogP contribution is 2.30. The highest BCUT2D eigenvalue weighted by Gasteiger charge is 2.14. The van der Waals surface area contributed by atoms with Gasteiger partial charge in [0.1, 0.15) is 23.8 Å². The number of para-hydroxylation sites is 2. The zero-order valence-electron chi connectivity index (χ0n) is 13.7. The SMILES string of the molecule is c1ccc(-n2ncnc2CNc2ncnc3c2oc2ccccc23)cc1. The quantitative estimate of drug-likeness (QED) is 0.538. The van der Waals surface area contributed by atoms with Gasteiger partial charge in [0.05, 0.1) is 12.2 Å². The van der Waals surface area contributed by atoms with E-state index >= 15 is 0 Å². The fraction of sp³-hybridized carbons (Fsp3) is 0.0526. The van der Waals surface area contributed by atoms with Crippen molar-refractivity contribution in [2.45, 2.75) is 6.54 Å². The van der Waals surface area contributed by atoms with Gasteiger partial charge in [0.15, 0.2) is 17.2 Å². The van der Waals surface area contributed by atoms with Crippen LogP contribution >= 0.6 is 0 Å². The average Bonchev–Trinajstić information content (AvgIpc) is 3.32. The van der Waals surface area contributed by atoms with Crippen LogP contribution in [-0.4, -0.2) is 24.7 Å². The van der Waals surface area contributed by atoms with Gasteiger partial charge in [-0.05, 0) is 24.3 Å². The summed E-state index contributed by atoms with van der Waals surface area (Å²) in [4.78, 5) is 13.0. The molecule has 7 nitrogen and oxygen atoms in total. The molecule has 0 unspecified atom stereocenters. The van der Waals surface area contributed by atoms with Gasteiger partial charge in [-0.15, -0.1) is 0 Å². The molecule has 0 bridgehead atoms. The molecule has 0 fully saturated rings. The molecule has 0 saturated carbocycles. The minimum atomic E-state index is 0.456. The summed E-state index contributed by atoms with van der Waals surface area (Å²) in [7, 11) is 0. The molecule has 3 aromatic heterocycles. The van der Waals surface area contributed by atoms with Gasteiger partial charge in [-0.25, -0.2) is 19.6 Å². The van der Waals surface area contributed by atoms with Crippen molar-refractivity contribution >= 4 is 27.9 Å². The van der Waals surface area contributed by atoms with E-state index in [1.165, 1.54) is 6.33 Å². The van der Waals surface area contributed by atoms with Crippen LogP contribution in [0.15, 0.2) is 71.7 Å². The maximum atomic E-state index is 5.94. The number of nitrogens with zero attached hydrogens (tertiary/aromatic N) is 5. The van der Waals surface area contributed by atoms with Gasteiger partial charge in [-0.3, -0.25) is 0 Å². The number of rotatable bonds is 4. The first-order valence-corrected chi connectivity index (χ1v) is 8.20. The molecular formula is C19H14N6O. The fourth-order valence-electron chi connectivity index (χ4n) is 2.98. The van der Waals surface area contributed by atoms with Crippen molar-refractivity contribution in [3.05, 3.63) is 73.1 Å². The second-order valence-corrected chi connectivity index (χ2v) is 5.78. The Bertz CT molecular complexity index is 1190. The lowest BCUT2D eigenvalue weighted by atomic mass is 10.2.